The smallest absolute Gasteiger partial charge is 0.328 e. The van der Waals surface area contributed by atoms with E-state index in [-0.39, 0.29) is 18.2 Å². The van der Waals surface area contributed by atoms with Gasteiger partial charge in [0.25, 0.3) is 5.91 Å². The first-order chi connectivity index (χ1) is 16.3. The van der Waals surface area contributed by atoms with Crippen LogP contribution in [0.3, 0.4) is 0 Å². The number of ether oxygens (including phenoxy) is 1. The quantitative estimate of drug-likeness (QED) is 0.337. The van der Waals surface area contributed by atoms with Crippen LogP contribution in [0, 0.1) is 5.92 Å². The summed E-state index contributed by atoms with van der Waals surface area (Å²) in [6.45, 7) is 3.64. The molecule has 0 fully saturated rings. The molecule has 8 nitrogen and oxygen atoms in total. The van der Waals surface area contributed by atoms with Crippen LogP contribution in [0.2, 0.25) is 0 Å². The van der Waals surface area contributed by atoms with Gasteiger partial charge in [-0.25, -0.2) is 4.79 Å². The Labute approximate surface area is 199 Å². The zero-order valence-electron chi connectivity index (χ0n) is 19.8. The van der Waals surface area contributed by atoms with Crippen LogP contribution in [0.15, 0.2) is 60.8 Å². The van der Waals surface area contributed by atoms with Crippen molar-refractivity contribution in [3.63, 3.8) is 0 Å². The molecule has 0 unspecified atom stereocenters. The summed E-state index contributed by atoms with van der Waals surface area (Å²) in [6, 6.07) is 15.1. The highest BCUT2D eigenvalue weighted by molar-refractivity contribution is 5.93. The molecule has 0 saturated carbocycles. The van der Waals surface area contributed by atoms with Crippen molar-refractivity contribution < 1.29 is 24.9 Å². The van der Waals surface area contributed by atoms with Gasteiger partial charge in [0.1, 0.15) is 12.1 Å². The number of hydrogen-bond donors (Lipinski definition) is 4. The van der Waals surface area contributed by atoms with E-state index in [9.17, 15) is 14.4 Å². The summed E-state index contributed by atoms with van der Waals surface area (Å²) in [5.41, 5.74) is 6.82. The molecule has 34 heavy (non-hydrogen) atoms. The number of rotatable bonds is 10. The molecular formula is C26H33N4O4+. The lowest BCUT2D eigenvalue weighted by Gasteiger charge is -2.24. The second kappa shape index (κ2) is 11.5. The first-order valence-electron chi connectivity index (χ1n) is 11.4. The van der Waals surface area contributed by atoms with Crippen LogP contribution in [0.25, 0.3) is 10.9 Å². The van der Waals surface area contributed by atoms with Crippen LogP contribution in [-0.4, -0.2) is 48.0 Å². The number of amides is 2. The van der Waals surface area contributed by atoms with Crippen molar-refractivity contribution in [2.24, 2.45) is 5.92 Å². The fraction of sp³-hybridized carbons (Fsp3) is 0.346. The lowest BCUT2D eigenvalue weighted by molar-refractivity contribution is -0.403. The molecular weight excluding hydrogens is 432 g/mol. The van der Waals surface area contributed by atoms with E-state index in [1.165, 1.54) is 7.11 Å². The number of para-hydroxylation sites is 1. The third-order valence-electron chi connectivity index (χ3n) is 5.85. The first-order valence-corrected chi connectivity index (χ1v) is 11.4. The van der Waals surface area contributed by atoms with Gasteiger partial charge in [0.05, 0.1) is 7.11 Å². The maximum Gasteiger partial charge on any atom is 0.328 e. The highest BCUT2D eigenvalue weighted by Crippen LogP contribution is 2.19. The molecule has 0 aliphatic carbocycles. The molecule has 1 aromatic heterocycles. The van der Waals surface area contributed by atoms with Crippen molar-refractivity contribution in [1.29, 1.82) is 0 Å². The molecule has 8 heteroatoms. The number of methoxy groups -OCH3 is 1. The Morgan fingerprint density at radius 1 is 0.941 bits per heavy atom. The number of H-pyrrole nitrogens is 1. The highest BCUT2D eigenvalue weighted by Gasteiger charge is 2.31. The number of quaternary nitrogens is 1. The number of esters is 1. The molecule has 0 aliphatic heterocycles. The van der Waals surface area contributed by atoms with Crippen LogP contribution in [0.4, 0.5) is 0 Å². The fourth-order valence-corrected chi connectivity index (χ4v) is 3.89. The average Bonchev–Trinajstić information content (AvgIpc) is 3.24. The maximum absolute atomic E-state index is 13.3. The summed E-state index contributed by atoms with van der Waals surface area (Å²) in [5, 5.41) is 6.60. The Bertz CT molecular complexity index is 1130. The topological polar surface area (TPSA) is 128 Å². The molecule has 6 N–H and O–H groups in total. The van der Waals surface area contributed by atoms with Crippen molar-refractivity contribution in [2.45, 2.75) is 44.8 Å². The van der Waals surface area contributed by atoms with Crippen LogP contribution < -0.4 is 16.4 Å². The summed E-state index contributed by atoms with van der Waals surface area (Å²) in [5.74, 6) is -1.49. The SMILES string of the molecule is COC(=O)[C@H](NC(=O)[C@H](Cc1c[nH]c2ccccc12)NC(=O)[C@H]([NH3+])Cc1ccccc1)C(C)C. The number of carbonyl (C=O) groups is 3. The Morgan fingerprint density at radius 2 is 1.62 bits per heavy atom. The molecule has 0 radical (unpaired) electrons. The van der Waals surface area contributed by atoms with Gasteiger partial charge in [0.2, 0.25) is 5.91 Å². The molecule has 180 valence electrons. The Morgan fingerprint density at radius 3 is 2.29 bits per heavy atom. The number of fused-ring (bicyclic) bond motifs is 1. The third-order valence-corrected chi connectivity index (χ3v) is 5.85. The number of carbonyl (C=O) groups excluding carboxylic acids is 3. The fourth-order valence-electron chi connectivity index (χ4n) is 3.89. The zero-order valence-corrected chi connectivity index (χ0v) is 19.8. The van der Waals surface area contributed by atoms with Crippen molar-refractivity contribution in [2.75, 3.05) is 7.11 Å². The molecule has 2 aromatic carbocycles. The predicted octanol–water partition coefficient (Wildman–Crippen LogP) is 1.36. The van der Waals surface area contributed by atoms with Gasteiger partial charge in [-0.3, -0.25) is 9.59 Å². The summed E-state index contributed by atoms with van der Waals surface area (Å²) in [7, 11) is 1.28. The number of aromatic nitrogens is 1. The van der Waals surface area contributed by atoms with Crippen molar-refractivity contribution >= 4 is 28.7 Å². The number of nitrogens with one attached hydrogen (secondary N) is 3. The van der Waals surface area contributed by atoms with Gasteiger partial charge in [0, 0.05) is 29.9 Å². The van der Waals surface area contributed by atoms with E-state index in [1.54, 1.807) is 0 Å². The molecule has 0 spiro atoms. The molecule has 3 rings (SSSR count). The summed E-state index contributed by atoms with van der Waals surface area (Å²) in [6.07, 6.45) is 2.54. The Balaban J connectivity index is 1.81. The van der Waals surface area contributed by atoms with Gasteiger partial charge in [-0.1, -0.05) is 62.4 Å². The molecule has 3 atom stereocenters. The standard InChI is InChI=1S/C26H32N4O4/c1-16(2)23(26(33)34-3)30-25(32)22(14-18-15-28-21-12-8-7-11-19(18)21)29-24(31)20(27)13-17-9-5-4-6-10-17/h4-12,15-16,20,22-23,28H,13-14,27H2,1-3H3,(H,29,31)(H,30,32)/p+1/t20-,22+,23-/m1/s1. The molecule has 0 aliphatic rings. The van der Waals surface area contributed by atoms with Crippen LogP contribution >= 0.6 is 0 Å². The monoisotopic (exact) mass is 465 g/mol. The Hall–Kier alpha value is -3.65. The van der Waals surface area contributed by atoms with Gasteiger partial charge < -0.3 is 26.1 Å². The van der Waals surface area contributed by atoms with Crippen molar-refractivity contribution in [3.8, 4) is 0 Å². The van der Waals surface area contributed by atoms with Crippen LogP contribution in [0.5, 0.6) is 0 Å². The van der Waals surface area contributed by atoms with Gasteiger partial charge in [0.15, 0.2) is 6.04 Å². The van der Waals surface area contributed by atoms with Gasteiger partial charge >= 0.3 is 5.97 Å². The minimum atomic E-state index is -0.891. The molecule has 2 amide bonds. The van der Waals surface area contributed by atoms with Crippen molar-refractivity contribution in [3.05, 3.63) is 71.9 Å². The minimum absolute atomic E-state index is 0.181. The largest absolute Gasteiger partial charge is 0.467 e. The predicted molar refractivity (Wildman–Crippen MR) is 130 cm³/mol. The van der Waals surface area contributed by atoms with Gasteiger partial charge in [-0.05, 0) is 23.1 Å². The van der Waals surface area contributed by atoms with E-state index < -0.39 is 30.0 Å². The summed E-state index contributed by atoms with van der Waals surface area (Å²) >= 11 is 0. The average molecular weight is 466 g/mol. The van der Waals surface area contributed by atoms with E-state index in [0.717, 1.165) is 22.0 Å². The molecule has 0 bridgehead atoms. The second-order valence-corrected chi connectivity index (χ2v) is 8.76. The normalized spacial score (nSPS) is 13.8. The Kier molecular flexibility index (Phi) is 8.43. The van der Waals surface area contributed by atoms with Gasteiger partial charge in [-0.2, -0.15) is 0 Å². The number of hydrogen-bond acceptors (Lipinski definition) is 4. The van der Waals surface area contributed by atoms with Crippen LogP contribution in [0.1, 0.15) is 25.0 Å². The van der Waals surface area contributed by atoms with Crippen molar-refractivity contribution in [1.82, 2.24) is 15.6 Å². The number of benzene rings is 2. The van der Waals surface area contributed by atoms with Gasteiger partial charge in [-0.15, -0.1) is 0 Å². The lowest BCUT2D eigenvalue weighted by atomic mass is 10.0. The maximum atomic E-state index is 13.3. The van der Waals surface area contributed by atoms with E-state index in [0.29, 0.717) is 6.42 Å². The summed E-state index contributed by atoms with van der Waals surface area (Å²) < 4.78 is 4.85. The van der Waals surface area contributed by atoms with E-state index in [2.05, 4.69) is 21.4 Å². The second-order valence-electron chi connectivity index (χ2n) is 8.76. The highest BCUT2D eigenvalue weighted by atomic mass is 16.5. The van der Waals surface area contributed by atoms with E-state index >= 15 is 0 Å². The first kappa shape index (κ1) is 25.0. The lowest BCUT2D eigenvalue weighted by Crippen LogP contribution is -2.70. The zero-order chi connectivity index (χ0) is 24.7. The van der Waals surface area contributed by atoms with E-state index in [1.807, 2.05) is 74.6 Å². The number of aromatic amines is 1. The third kappa shape index (κ3) is 6.23. The molecule has 1 heterocycles. The van der Waals surface area contributed by atoms with E-state index in [4.69, 9.17) is 4.74 Å². The molecule has 0 saturated heterocycles. The molecule has 3 aromatic rings. The van der Waals surface area contributed by atoms with Crippen LogP contribution in [-0.2, 0) is 32.0 Å². The summed E-state index contributed by atoms with van der Waals surface area (Å²) in [4.78, 5) is 41.7. The minimum Gasteiger partial charge on any atom is -0.467 e.